The summed E-state index contributed by atoms with van der Waals surface area (Å²) in [5.41, 5.74) is 12.1. The van der Waals surface area contributed by atoms with E-state index >= 15 is 0 Å². The molecule has 9 aromatic carbocycles. The van der Waals surface area contributed by atoms with Crippen molar-refractivity contribution < 1.29 is 4.42 Å². The molecule has 0 spiro atoms. The molecule has 0 bridgehead atoms. The lowest BCUT2D eigenvalue weighted by Crippen LogP contribution is -2.10. The van der Waals surface area contributed by atoms with Crippen LogP contribution in [0.4, 0.5) is 17.1 Å². The fourth-order valence-corrected chi connectivity index (χ4v) is 7.71. The lowest BCUT2D eigenvalue weighted by Gasteiger charge is -2.26. The van der Waals surface area contributed by atoms with Gasteiger partial charge in [0.1, 0.15) is 5.58 Å². The molecule has 0 saturated carbocycles. The van der Waals surface area contributed by atoms with E-state index < -0.39 is 0 Å². The van der Waals surface area contributed by atoms with Gasteiger partial charge in [-0.05, 0) is 97.4 Å². The molecular formula is C50H33NO. The molecule has 0 aliphatic heterocycles. The lowest BCUT2D eigenvalue weighted by molar-refractivity contribution is 0.669. The number of nitrogens with zero attached hydrogens (tertiary/aromatic N) is 1. The third-order valence-electron chi connectivity index (χ3n) is 10.3. The highest BCUT2D eigenvalue weighted by Gasteiger charge is 2.20. The average Bonchev–Trinajstić information content (AvgIpc) is 3.61. The van der Waals surface area contributed by atoms with Gasteiger partial charge in [-0.15, -0.1) is 0 Å². The number of benzene rings is 9. The van der Waals surface area contributed by atoms with Crippen molar-refractivity contribution in [1.29, 1.82) is 0 Å². The second-order valence-corrected chi connectivity index (χ2v) is 13.3. The van der Waals surface area contributed by atoms with Gasteiger partial charge >= 0.3 is 0 Å². The van der Waals surface area contributed by atoms with Crippen LogP contribution >= 0.6 is 0 Å². The summed E-state index contributed by atoms with van der Waals surface area (Å²) in [5.74, 6) is 0. The SMILES string of the molecule is c1ccc(-c2ccc(-c3ccc(N(c4ccc(-c5cc6ccccc6c6ccccc56)cc4)c4cccc5c4oc4ccccc45)cc3)cc2)cc1. The summed E-state index contributed by atoms with van der Waals surface area (Å²) in [5, 5.41) is 7.27. The first-order chi connectivity index (χ1) is 25.8. The van der Waals surface area contributed by atoms with Gasteiger partial charge in [0.25, 0.3) is 0 Å². The molecule has 0 aliphatic carbocycles. The predicted octanol–water partition coefficient (Wildman–Crippen LogP) is 14.4. The fourth-order valence-electron chi connectivity index (χ4n) is 7.71. The maximum Gasteiger partial charge on any atom is 0.159 e. The molecule has 10 aromatic rings. The molecule has 0 radical (unpaired) electrons. The first-order valence-electron chi connectivity index (χ1n) is 17.8. The Morgan fingerprint density at radius 1 is 0.327 bits per heavy atom. The monoisotopic (exact) mass is 663 g/mol. The number of hydrogen-bond donors (Lipinski definition) is 0. The van der Waals surface area contributed by atoms with E-state index in [-0.39, 0.29) is 0 Å². The third kappa shape index (κ3) is 5.12. The van der Waals surface area contributed by atoms with Crippen LogP contribution in [0.1, 0.15) is 0 Å². The normalized spacial score (nSPS) is 11.5. The Bertz CT molecular complexity index is 2870. The van der Waals surface area contributed by atoms with Crippen molar-refractivity contribution in [3.8, 4) is 33.4 Å². The molecule has 52 heavy (non-hydrogen) atoms. The Kier molecular flexibility index (Phi) is 7.18. The molecule has 2 heteroatoms. The molecule has 10 rings (SSSR count). The van der Waals surface area contributed by atoms with E-state index in [2.05, 4.69) is 193 Å². The van der Waals surface area contributed by atoms with Crippen molar-refractivity contribution in [2.24, 2.45) is 0 Å². The number of para-hydroxylation sites is 2. The highest BCUT2D eigenvalue weighted by Crippen LogP contribution is 2.43. The predicted molar refractivity (Wildman–Crippen MR) is 220 cm³/mol. The van der Waals surface area contributed by atoms with E-state index in [0.29, 0.717) is 0 Å². The zero-order valence-electron chi connectivity index (χ0n) is 28.4. The van der Waals surface area contributed by atoms with E-state index in [9.17, 15) is 0 Å². The molecule has 0 unspecified atom stereocenters. The van der Waals surface area contributed by atoms with Gasteiger partial charge in [0.2, 0.25) is 0 Å². The van der Waals surface area contributed by atoms with Gasteiger partial charge in [0, 0.05) is 22.1 Å². The maximum atomic E-state index is 6.59. The maximum absolute atomic E-state index is 6.59. The van der Waals surface area contributed by atoms with Crippen LogP contribution in [0.3, 0.4) is 0 Å². The van der Waals surface area contributed by atoms with Crippen LogP contribution in [0.5, 0.6) is 0 Å². The van der Waals surface area contributed by atoms with Gasteiger partial charge < -0.3 is 9.32 Å². The van der Waals surface area contributed by atoms with Crippen LogP contribution < -0.4 is 4.90 Å². The number of furan rings is 1. The Hall–Kier alpha value is -6.90. The quantitative estimate of drug-likeness (QED) is 0.165. The van der Waals surface area contributed by atoms with E-state index in [1.807, 2.05) is 12.1 Å². The van der Waals surface area contributed by atoms with E-state index in [1.54, 1.807) is 0 Å². The molecule has 2 nitrogen and oxygen atoms in total. The average molecular weight is 664 g/mol. The topological polar surface area (TPSA) is 16.4 Å². The van der Waals surface area contributed by atoms with Crippen molar-refractivity contribution >= 4 is 60.5 Å². The number of rotatable bonds is 6. The highest BCUT2D eigenvalue weighted by molar-refractivity contribution is 6.14. The largest absolute Gasteiger partial charge is 0.454 e. The number of anilines is 3. The van der Waals surface area contributed by atoms with Gasteiger partial charge in [0.15, 0.2) is 5.58 Å². The number of fused-ring (bicyclic) bond motifs is 6. The van der Waals surface area contributed by atoms with Gasteiger partial charge in [-0.2, -0.15) is 0 Å². The minimum absolute atomic E-state index is 0.869. The Balaban J connectivity index is 1.08. The first kappa shape index (κ1) is 30.0. The molecule has 0 amide bonds. The van der Waals surface area contributed by atoms with E-state index in [0.717, 1.165) is 39.0 Å². The van der Waals surface area contributed by atoms with Gasteiger partial charge in [-0.3, -0.25) is 0 Å². The van der Waals surface area contributed by atoms with Crippen LogP contribution in [-0.2, 0) is 0 Å². The summed E-state index contributed by atoms with van der Waals surface area (Å²) in [7, 11) is 0. The van der Waals surface area contributed by atoms with E-state index in [4.69, 9.17) is 4.42 Å². The molecule has 0 fully saturated rings. The summed E-state index contributed by atoms with van der Waals surface area (Å²) in [6.45, 7) is 0. The summed E-state index contributed by atoms with van der Waals surface area (Å²) in [6.07, 6.45) is 0. The second kappa shape index (κ2) is 12.5. The Morgan fingerprint density at radius 2 is 0.827 bits per heavy atom. The van der Waals surface area contributed by atoms with Crippen LogP contribution in [-0.4, -0.2) is 0 Å². The van der Waals surface area contributed by atoms with Gasteiger partial charge in [-0.1, -0.05) is 158 Å². The zero-order valence-corrected chi connectivity index (χ0v) is 28.4. The van der Waals surface area contributed by atoms with Gasteiger partial charge in [-0.25, -0.2) is 0 Å². The Morgan fingerprint density at radius 3 is 1.52 bits per heavy atom. The van der Waals surface area contributed by atoms with Crippen molar-refractivity contribution in [2.75, 3.05) is 4.90 Å². The number of hydrogen-bond acceptors (Lipinski definition) is 2. The first-order valence-corrected chi connectivity index (χ1v) is 17.8. The fraction of sp³-hybridized carbons (Fsp3) is 0. The molecular weight excluding hydrogens is 631 g/mol. The standard InChI is InChI=1S/C50H33NO/c1-2-11-34(12-3-1)35-21-23-36(24-22-35)37-25-29-40(30-26-37)51(48-19-10-18-46-45-17-8-9-20-49(45)52-50(46)48)41-31-27-38(28-32-41)47-33-39-13-4-5-14-42(39)43-15-6-7-16-44(43)47/h1-33H. The summed E-state index contributed by atoms with van der Waals surface area (Å²) >= 11 is 0. The van der Waals surface area contributed by atoms with Crippen molar-refractivity contribution in [2.45, 2.75) is 0 Å². The minimum Gasteiger partial charge on any atom is -0.454 e. The molecule has 0 atom stereocenters. The molecule has 1 aromatic heterocycles. The second-order valence-electron chi connectivity index (χ2n) is 13.3. The lowest BCUT2D eigenvalue weighted by atomic mass is 9.93. The smallest absolute Gasteiger partial charge is 0.159 e. The van der Waals surface area contributed by atoms with Crippen LogP contribution in [0, 0.1) is 0 Å². The molecule has 0 N–H and O–H groups in total. The van der Waals surface area contributed by atoms with Crippen molar-refractivity contribution in [3.63, 3.8) is 0 Å². The molecule has 244 valence electrons. The highest BCUT2D eigenvalue weighted by atomic mass is 16.3. The molecule has 0 aliphatic rings. The van der Waals surface area contributed by atoms with Crippen molar-refractivity contribution in [3.05, 3.63) is 200 Å². The van der Waals surface area contributed by atoms with E-state index in [1.165, 1.54) is 54.9 Å². The molecule has 0 saturated heterocycles. The van der Waals surface area contributed by atoms with Gasteiger partial charge in [0.05, 0.1) is 5.69 Å². The summed E-state index contributed by atoms with van der Waals surface area (Å²) < 4.78 is 6.59. The van der Waals surface area contributed by atoms with Crippen molar-refractivity contribution in [1.82, 2.24) is 0 Å². The summed E-state index contributed by atoms with van der Waals surface area (Å²) in [6, 6.07) is 71.6. The molecule has 1 heterocycles. The minimum atomic E-state index is 0.869. The third-order valence-corrected chi connectivity index (χ3v) is 10.3. The van der Waals surface area contributed by atoms with Crippen LogP contribution in [0.25, 0.3) is 76.9 Å². The van der Waals surface area contributed by atoms with Crippen LogP contribution in [0.15, 0.2) is 205 Å². The Labute approximate surface area is 302 Å². The van der Waals surface area contributed by atoms with Crippen LogP contribution in [0.2, 0.25) is 0 Å². The summed E-state index contributed by atoms with van der Waals surface area (Å²) in [4.78, 5) is 2.31. The zero-order chi connectivity index (χ0) is 34.4.